The Morgan fingerprint density at radius 2 is 1.53 bits per heavy atom. The topological polar surface area (TPSA) is 96.7 Å². The van der Waals surface area contributed by atoms with Crippen LogP contribution in [-0.2, 0) is 0 Å². The molecule has 3 rings (SSSR count). The highest BCUT2D eigenvalue weighted by Gasteiger charge is 2.24. The maximum atomic E-state index is 11.1. The minimum absolute atomic E-state index is 0.110. The van der Waals surface area contributed by atoms with Crippen LogP contribution in [0.4, 0.5) is 10.5 Å². The van der Waals surface area contributed by atoms with Crippen molar-refractivity contribution in [1.82, 2.24) is 5.32 Å². The predicted octanol–water partition coefficient (Wildman–Crippen LogP) is 4.50. The van der Waals surface area contributed by atoms with Gasteiger partial charge in [-0.25, -0.2) is 4.79 Å². The predicted molar refractivity (Wildman–Crippen MR) is 127 cm³/mol. The number of rotatable bonds is 5. The lowest BCUT2D eigenvalue weighted by Crippen LogP contribution is -2.34. The van der Waals surface area contributed by atoms with E-state index >= 15 is 0 Å². The summed E-state index contributed by atoms with van der Waals surface area (Å²) in [7, 11) is 3.34. The number of aliphatic imine (C=N–C) groups is 1. The minimum Gasteiger partial charge on any atom is -0.370 e. The van der Waals surface area contributed by atoms with E-state index in [1.54, 1.807) is 19.0 Å². The number of benzene rings is 1. The molecule has 6 heteroatoms. The molecule has 2 aliphatic rings. The van der Waals surface area contributed by atoms with Crippen LogP contribution in [0.3, 0.4) is 0 Å². The molecule has 0 radical (unpaired) electrons. The third kappa shape index (κ3) is 8.64. The third-order valence-corrected chi connectivity index (χ3v) is 6.55. The number of para-hydroxylation sites is 1. The summed E-state index contributed by atoms with van der Waals surface area (Å²) in [4.78, 5) is 16.8. The molecule has 168 valence electrons. The quantitative estimate of drug-likeness (QED) is 0.488. The van der Waals surface area contributed by atoms with Crippen LogP contribution in [0.1, 0.15) is 64.2 Å². The fourth-order valence-electron chi connectivity index (χ4n) is 4.72. The molecule has 0 unspecified atom stereocenters. The van der Waals surface area contributed by atoms with Crippen molar-refractivity contribution in [1.29, 1.82) is 0 Å². The van der Waals surface area contributed by atoms with E-state index in [-0.39, 0.29) is 12.0 Å². The number of nitrogens with one attached hydrogen (secondary N) is 1. The number of amides is 2. The van der Waals surface area contributed by atoms with Crippen LogP contribution < -0.4 is 21.7 Å². The van der Waals surface area contributed by atoms with Gasteiger partial charge in [-0.2, -0.15) is 0 Å². The molecule has 2 fully saturated rings. The first-order valence-electron chi connectivity index (χ1n) is 11.6. The van der Waals surface area contributed by atoms with Crippen LogP contribution in [0.25, 0.3) is 0 Å². The molecule has 0 spiro atoms. The van der Waals surface area contributed by atoms with Crippen LogP contribution in [-0.4, -0.2) is 32.6 Å². The summed E-state index contributed by atoms with van der Waals surface area (Å²) in [5.74, 6) is 3.01. The van der Waals surface area contributed by atoms with Crippen molar-refractivity contribution >= 4 is 17.7 Å². The Morgan fingerprint density at radius 3 is 2.10 bits per heavy atom. The van der Waals surface area contributed by atoms with Crippen molar-refractivity contribution in [2.45, 2.75) is 64.2 Å². The van der Waals surface area contributed by atoms with E-state index in [2.05, 4.69) is 10.3 Å². The molecule has 2 aliphatic carbocycles. The molecule has 0 aliphatic heterocycles. The van der Waals surface area contributed by atoms with Gasteiger partial charge in [-0.05, 0) is 49.1 Å². The normalized spacial score (nSPS) is 21.7. The van der Waals surface area contributed by atoms with Gasteiger partial charge >= 0.3 is 6.03 Å². The van der Waals surface area contributed by atoms with Crippen LogP contribution in [0.5, 0.6) is 0 Å². The minimum atomic E-state index is -0.110. The Morgan fingerprint density at radius 1 is 0.967 bits per heavy atom. The van der Waals surface area contributed by atoms with Crippen LogP contribution in [0.2, 0.25) is 0 Å². The molecule has 0 aromatic heterocycles. The van der Waals surface area contributed by atoms with Gasteiger partial charge in [0.1, 0.15) is 0 Å². The molecule has 0 atom stereocenters. The van der Waals surface area contributed by atoms with E-state index in [1.807, 2.05) is 30.3 Å². The molecule has 0 heterocycles. The fraction of sp³-hybridized carbons (Fsp3) is 0.667. The summed E-state index contributed by atoms with van der Waals surface area (Å²) in [5, 5.41) is 2.55. The SMILES string of the molecule is CNC(=O)N(C)c1ccccc1.NC(N)=NCC1CCC(CC2CCCCC2)CC1. The van der Waals surface area contributed by atoms with E-state index < -0.39 is 0 Å². The average molecular weight is 416 g/mol. The van der Waals surface area contributed by atoms with Gasteiger partial charge in [-0.1, -0.05) is 63.1 Å². The summed E-state index contributed by atoms with van der Waals surface area (Å²) in [5.41, 5.74) is 11.7. The molecule has 6 nitrogen and oxygen atoms in total. The van der Waals surface area contributed by atoms with E-state index in [0.717, 1.165) is 30.0 Å². The second-order valence-corrected chi connectivity index (χ2v) is 8.84. The molecular weight excluding hydrogens is 374 g/mol. The van der Waals surface area contributed by atoms with Gasteiger partial charge in [-0.3, -0.25) is 9.89 Å². The Balaban J connectivity index is 0.000000232. The summed E-state index contributed by atoms with van der Waals surface area (Å²) in [6.07, 6.45) is 14.4. The fourth-order valence-corrected chi connectivity index (χ4v) is 4.72. The van der Waals surface area contributed by atoms with E-state index in [4.69, 9.17) is 11.5 Å². The number of guanidine groups is 1. The number of nitrogens with zero attached hydrogens (tertiary/aromatic N) is 2. The van der Waals surface area contributed by atoms with Gasteiger partial charge in [-0.15, -0.1) is 0 Å². The molecule has 30 heavy (non-hydrogen) atoms. The molecular formula is C24H41N5O. The lowest BCUT2D eigenvalue weighted by Gasteiger charge is -2.31. The molecule has 0 saturated heterocycles. The highest BCUT2D eigenvalue weighted by molar-refractivity contribution is 5.91. The van der Waals surface area contributed by atoms with Gasteiger partial charge in [0.05, 0.1) is 0 Å². The molecule has 2 amide bonds. The number of hydrogen-bond acceptors (Lipinski definition) is 2. The maximum Gasteiger partial charge on any atom is 0.321 e. The smallest absolute Gasteiger partial charge is 0.321 e. The number of anilines is 1. The summed E-state index contributed by atoms with van der Waals surface area (Å²) in [6.45, 7) is 0.846. The van der Waals surface area contributed by atoms with Crippen LogP contribution >= 0.6 is 0 Å². The van der Waals surface area contributed by atoms with E-state index in [9.17, 15) is 4.79 Å². The summed E-state index contributed by atoms with van der Waals surface area (Å²) < 4.78 is 0. The van der Waals surface area contributed by atoms with Crippen molar-refractivity contribution in [3.63, 3.8) is 0 Å². The lowest BCUT2D eigenvalue weighted by molar-refractivity contribution is 0.214. The van der Waals surface area contributed by atoms with Crippen molar-refractivity contribution in [3.05, 3.63) is 30.3 Å². The summed E-state index contributed by atoms with van der Waals surface area (Å²) >= 11 is 0. The van der Waals surface area contributed by atoms with Crippen molar-refractivity contribution in [3.8, 4) is 0 Å². The number of carbonyl (C=O) groups is 1. The molecule has 1 aromatic carbocycles. The van der Waals surface area contributed by atoms with Crippen molar-refractivity contribution in [2.24, 2.45) is 34.2 Å². The van der Waals surface area contributed by atoms with E-state index in [1.165, 1.54) is 64.2 Å². The lowest BCUT2D eigenvalue weighted by atomic mass is 9.75. The van der Waals surface area contributed by atoms with Gasteiger partial charge < -0.3 is 16.8 Å². The summed E-state index contributed by atoms with van der Waals surface area (Å²) in [6, 6.07) is 9.37. The van der Waals surface area contributed by atoms with Crippen molar-refractivity contribution < 1.29 is 4.79 Å². The molecule has 1 aromatic rings. The molecule has 2 saturated carbocycles. The third-order valence-electron chi connectivity index (χ3n) is 6.55. The van der Waals surface area contributed by atoms with Gasteiger partial charge in [0, 0.05) is 26.3 Å². The molecule has 0 bridgehead atoms. The van der Waals surface area contributed by atoms with E-state index in [0.29, 0.717) is 0 Å². The Hall–Kier alpha value is -2.24. The van der Waals surface area contributed by atoms with Crippen molar-refractivity contribution in [2.75, 3.05) is 25.5 Å². The number of urea groups is 1. The Labute approximate surface area is 182 Å². The molecule has 5 N–H and O–H groups in total. The zero-order valence-corrected chi connectivity index (χ0v) is 18.9. The second kappa shape index (κ2) is 13.1. The van der Waals surface area contributed by atoms with Crippen LogP contribution in [0, 0.1) is 17.8 Å². The zero-order valence-electron chi connectivity index (χ0n) is 18.9. The highest BCUT2D eigenvalue weighted by Crippen LogP contribution is 2.36. The Kier molecular flexibility index (Phi) is 10.5. The number of carbonyl (C=O) groups excluding carboxylic acids is 1. The zero-order chi connectivity index (χ0) is 21.8. The Bertz CT molecular complexity index is 630. The van der Waals surface area contributed by atoms with Crippen LogP contribution in [0.15, 0.2) is 35.3 Å². The average Bonchev–Trinajstić information content (AvgIpc) is 2.79. The number of nitrogens with two attached hydrogens (primary N) is 2. The second-order valence-electron chi connectivity index (χ2n) is 8.84. The van der Waals surface area contributed by atoms with Gasteiger partial charge in [0.25, 0.3) is 0 Å². The highest BCUT2D eigenvalue weighted by atomic mass is 16.2. The monoisotopic (exact) mass is 415 g/mol. The largest absolute Gasteiger partial charge is 0.370 e. The first-order valence-corrected chi connectivity index (χ1v) is 11.6. The number of hydrogen-bond donors (Lipinski definition) is 3. The first-order chi connectivity index (χ1) is 14.5. The first kappa shape index (κ1) is 24.0. The van der Waals surface area contributed by atoms with Gasteiger partial charge in [0.15, 0.2) is 5.96 Å². The maximum absolute atomic E-state index is 11.1. The standard InChI is InChI=1S/C15H29N3.C9H12N2O/c16-15(17)18-11-14-8-6-13(7-9-14)10-12-4-2-1-3-5-12;1-10-9(12)11(2)8-6-4-3-5-7-8/h12-14H,1-11H2,(H4,16,17,18);3-7H,1-2H3,(H,10,12). The van der Waals surface area contributed by atoms with Gasteiger partial charge in [0.2, 0.25) is 0 Å².